The highest BCUT2D eigenvalue weighted by Gasteiger charge is 2.38. The lowest BCUT2D eigenvalue weighted by molar-refractivity contribution is -0.0279. The predicted octanol–water partition coefficient (Wildman–Crippen LogP) is 4.93. The number of thioether (sulfide) groups is 1. The lowest BCUT2D eigenvalue weighted by Crippen LogP contribution is -2.45. The summed E-state index contributed by atoms with van der Waals surface area (Å²) in [7, 11) is 0. The predicted molar refractivity (Wildman–Crippen MR) is 107 cm³/mol. The summed E-state index contributed by atoms with van der Waals surface area (Å²) in [6, 6.07) is 12.5. The minimum atomic E-state index is -1.29. The number of amides is 1. The van der Waals surface area contributed by atoms with Crippen molar-refractivity contribution in [3.63, 3.8) is 0 Å². The number of carbonyl (C=O) groups excluding carboxylic acids is 1. The maximum absolute atomic E-state index is 14.5. The number of likely N-dealkylation sites (tertiary alicyclic amines) is 1. The molecule has 0 aromatic heterocycles. The number of rotatable bonds is 4. The van der Waals surface area contributed by atoms with Crippen molar-refractivity contribution in [2.75, 3.05) is 19.3 Å². The molecular weight excluding hydrogens is 433 g/mol. The molecule has 1 saturated heterocycles. The third-order valence-electron chi connectivity index (χ3n) is 4.80. The smallest absolute Gasteiger partial charge is 0.410 e. The largest absolute Gasteiger partial charge is 0.445 e. The molecule has 2 aromatic carbocycles. The second-order valence-corrected chi connectivity index (χ2v) is 8.23. The molecule has 1 amide bonds. The normalized spacial score (nSPS) is 16.2. The summed E-state index contributed by atoms with van der Waals surface area (Å²) in [5, 5.41) is 11.0. The Balaban J connectivity index is 1.62. The molecule has 3 rings (SSSR count). The zero-order valence-corrected chi connectivity index (χ0v) is 17.4. The molecule has 144 valence electrons. The fourth-order valence-corrected chi connectivity index (χ4v) is 4.49. The minimum Gasteiger partial charge on any atom is -0.445 e. The maximum atomic E-state index is 14.5. The second-order valence-electron chi connectivity index (χ2n) is 6.53. The molecule has 1 fully saturated rings. The van der Waals surface area contributed by atoms with Crippen molar-refractivity contribution in [2.45, 2.75) is 29.9 Å². The van der Waals surface area contributed by atoms with Crippen LogP contribution in [0.25, 0.3) is 0 Å². The highest BCUT2D eigenvalue weighted by Crippen LogP contribution is 2.38. The van der Waals surface area contributed by atoms with E-state index in [9.17, 15) is 14.3 Å². The van der Waals surface area contributed by atoms with Crippen LogP contribution in [0.4, 0.5) is 9.18 Å². The van der Waals surface area contributed by atoms with E-state index in [1.165, 1.54) is 17.8 Å². The van der Waals surface area contributed by atoms with Gasteiger partial charge in [0.15, 0.2) is 0 Å². The molecule has 0 aliphatic carbocycles. The fourth-order valence-electron chi connectivity index (χ4n) is 3.18. The van der Waals surface area contributed by atoms with E-state index < -0.39 is 17.5 Å². The van der Waals surface area contributed by atoms with Gasteiger partial charge >= 0.3 is 6.09 Å². The molecule has 1 aliphatic rings. The van der Waals surface area contributed by atoms with Gasteiger partial charge in [-0.3, -0.25) is 0 Å². The van der Waals surface area contributed by atoms with Crippen LogP contribution < -0.4 is 0 Å². The number of hydrogen-bond donors (Lipinski definition) is 1. The van der Waals surface area contributed by atoms with Gasteiger partial charge in [0.25, 0.3) is 0 Å². The van der Waals surface area contributed by atoms with E-state index in [0.29, 0.717) is 13.1 Å². The number of ether oxygens (including phenoxy) is 1. The molecule has 27 heavy (non-hydrogen) atoms. The van der Waals surface area contributed by atoms with Crippen LogP contribution in [0.5, 0.6) is 0 Å². The van der Waals surface area contributed by atoms with E-state index in [1.54, 1.807) is 11.0 Å². The van der Waals surface area contributed by atoms with Gasteiger partial charge in [-0.15, -0.1) is 11.8 Å². The Morgan fingerprint density at radius 2 is 1.96 bits per heavy atom. The zero-order chi connectivity index (χ0) is 19.4. The van der Waals surface area contributed by atoms with E-state index in [2.05, 4.69) is 15.9 Å². The van der Waals surface area contributed by atoms with Crippen LogP contribution in [-0.4, -0.2) is 35.4 Å². The Bertz CT molecular complexity index is 810. The van der Waals surface area contributed by atoms with Gasteiger partial charge in [0.2, 0.25) is 0 Å². The van der Waals surface area contributed by atoms with Gasteiger partial charge in [0, 0.05) is 28.0 Å². The molecule has 1 heterocycles. The third-order valence-corrected chi connectivity index (χ3v) is 6.49. The summed E-state index contributed by atoms with van der Waals surface area (Å²) < 4.78 is 20.6. The number of aliphatic hydroxyl groups is 1. The molecule has 0 unspecified atom stereocenters. The first kappa shape index (κ1) is 20.2. The van der Waals surface area contributed by atoms with Gasteiger partial charge in [-0.1, -0.05) is 30.3 Å². The van der Waals surface area contributed by atoms with Crippen molar-refractivity contribution in [2.24, 2.45) is 0 Å². The van der Waals surface area contributed by atoms with Gasteiger partial charge in [-0.25, -0.2) is 9.18 Å². The zero-order valence-electron chi connectivity index (χ0n) is 15.0. The summed E-state index contributed by atoms with van der Waals surface area (Å²) in [6.07, 6.45) is 1.97. The first-order chi connectivity index (χ1) is 12.9. The molecule has 1 aliphatic heterocycles. The molecule has 7 heteroatoms. The number of nitrogens with zero attached hydrogens (tertiary/aromatic N) is 1. The molecular formula is C20H21BrFNO3S. The number of benzene rings is 2. The Labute approximate surface area is 170 Å². The number of hydrogen-bond acceptors (Lipinski definition) is 4. The van der Waals surface area contributed by atoms with Crippen LogP contribution in [0, 0.1) is 5.82 Å². The van der Waals surface area contributed by atoms with E-state index in [1.807, 2.05) is 36.6 Å². The van der Waals surface area contributed by atoms with Gasteiger partial charge in [-0.2, -0.15) is 0 Å². The molecule has 0 atom stereocenters. The van der Waals surface area contributed by atoms with Crippen molar-refractivity contribution < 1.29 is 19.0 Å². The summed E-state index contributed by atoms with van der Waals surface area (Å²) in [4.78, 5) is 14.6. The molecule has 2 aromatic rings. The maximum Gasteiger partial charge on any atom is 0.410 e. The molecule has 0 radical (unpaired) electrons. The first-order valence-electron chi connectivity index (χ1n) is 8.64. The number of piperidine rings is 1. The van der Waals surface area contributed by atoms with Crippen molar-refractivity contribution in [1.82, 2.24) is 4.90 Å². The Kier molecular flexibility index (Phi) is 6.44. The van der Waals surface area contributed by atoms with Crippen molar-refractivity contribution >= 4 is 33.8 Å². The minimum absolute atomic E-state index is 0.207. The summed E-state index contributed by atoms with van der Waals surface area (Å²) >= 11 is 4.86. The quantitative estimate of drug-likeness (QED) is 0.666. The molecule has 0 bridgehead atoms. The number of carbonyl (C=O) groups is 1. The summed E-state index contributed by atoms with van der Waals surface area (Å²) in [5.41, 5.74) is -0.107. The third kappa shape index (κ3) is 4.65. The Hall–Kier alpha value is -1.57. The van der Waals surface area contributed by atoms with E-state index in [0.717, 1.165) is 14.9 Å². The van der Waals surface area contributed by atoms with E-state index in [-0.39, 0.29) is 25.0 Å². The van der Waals surface area contributed by atoms with Gasteiger partial charge in [-0.05, 0) is 52.7 Å². The molecule has 0 spiro atoms. The summed E-state index contributed by atoms with van der Waals surface area (Å²) in [6.45, 7) is 0.828. The second kappa shape index (κ2) is 8.63. The van der Waals surface area contributed by atoms with E-state index >= 15 is 0 Å². The van der Waals surface area contributed by atoms with Crippen LogP contribution in [-0.2, 0) is 16.9 Å². The fraction of sp³-hybridized carbons (Fsp3) is 0.350. The van der Waals surface area contributed by atoms with Gasteiger partial charge < -0.3 is 14.7 Å². The van der Waals surface area contributed by atoms with Crippen LogP contribution in [0.1, 0.15) is 24.0 Å². The van der Waals surface area contributed by atoms with Crippen molar-refractivity contribution in [3.05, 3.63) is 63.9 Å². The van der Waals surface area contributed by atoms with Crippen LogP contribution in [0.15, 0.2) is 51.8 Å². The standard InChI is InChI=1S/C20H21BrFNO3S/c1-27-18-12-17(22)15(11-16(18)21)20(25)7-9-23(10-8-20)19(24)26-13-14-5-3-2-4-6-14/h2-6,11-12,25H,7-10,13H2,1H3. The Morgan fingerprint density at radius 3 is 2.59 bits per heavy atom. The van der Waals surface area contributed by atoms with Crippen molar-refractivity contribution in [1.29, 1.82) is 0 Å². The van der Waals surface area contributed by atoms with Crippen LogP contribution >= 0.6 is 27.7 Å². The molecule has 0 saturated carbocycles. The number of halogens is 2. The topological polar surface area (TPSA) is 49.8 Å². The first-order valence-corrected chi connectivity index (χ1v) is 10.7. The average molecular weight is 454 g/mol. The Morgan fingerprint density at radius 1 is 1.30 bits per heavy atom. The molecule has 1 N–H and O–H groups in total. The summed E-state index contributed by atoms with van der Waals surface area (Å²) in [5.74, 6) is -0.426. The van der Waals surface area contributed by atoms with Gasteiger partial charge in [0.1, 0.15) is 12.4 Å². The lowest BCUT2D eigenvalue weighted by Gasteiger charge is -2.38. The lowest BCUT2D eigenvalue weighted by atomic mass is 9.84. The highest BCUT2D eigenvalue weighted by atomic mass is 79.9. The van der Waals surface area contributed by atoms with Crippen molar-refractivity contribution in [3.8, 4) is 0 Å². The molecule has 4 nitrogen and oxygen atoms in total. The van der Waals surface area contributed by atoms with Gasteiger partial charge in [0.05, 0.1) is 5.60 Å². The monoisotopic (exact) mass is 453 g/mol. The average Bonchev–Trinajstić information content (AvgIpc) is 2.69. The van der Waals surface area contributed by atoms with Crippen LogP contribution in [0.3, 0.4) is 0 Å². The highest BCUT2D eigenvalue weighted by molar-refractivity contribution is 9.10. The van der Waals surface area contributed by atoms with E-state index in [4.69, 9.17) is 4.74 Å². The SMILES string of the molecule is CSc1cc(F)c(C2(O)CCN(C(=O)OCc3ccccc3)CC2)cc1Br. The van der Waals surface area contributed by atoms with Crippen LogP contribution in [0.2, 0.25) is 0 Å².